The number of nitrogens with one attached hydrogen (secondary N) is 1. The van der Waals surface area contributed by atoms with Gasteiger partial charge in [-0.1, -0.05) is 17.7 Å². The van der Waals surface area contributed by atoms with Crippen molar-refractivity contribution in [3.63, 3.8) is 0 Å². The van der Waals surface area contributed by atoms with E-state index in [1.54, 1.807) is 18.2 Å². The monoisotopic (exact) mass is 346 g/mol. The van der Waals surface area contributed by atoms with Gasteiger partial charge in [-0.2, -0.15) is 0 Å². The highest BCUT2D eigenvalue weighted by Gasteiger charge is 2.20. The highest BCUT2D eigenvalue weighted by atomic mass is 32.2. The van der Waals surface area contributed by atoms with Crippen molar-refractivity contribution in [1.29, 1.82) is 0 Å². The standard InChI is InChI=1S/C18H22N2O3S/c1-12-6-8-15(9-7-12)18(21)19-17-11-16(10-13(2)14(17)3)24(22,23)20(4)5/h6-11H,1-5H3,(H,19,21). The smallest absolute Gasteiger partial charge is 0.255 e. The molecule has 2 aromatic rings. The SMILES string of the molecule is Cc1ccc(C(=O)Nc2cc(S(=O)(=O)N(C)C)cc(C)c2C)cc1. The van der Waals surface area contributed by atoms with Crippen molar-refractivity contribution in [2.45, 2.75) is 25.7 Å². The molecule has 1 amide bonds. The van der Waals surface area contributed by atoms with Gasteiger partial charge < -0.3 is 5.32 Å². The summed E-state index contributed by atoms with van der Waals surface area (Å²) in [6, 6.07) is 10.3. The summed E-state index contributed by atoms with van der Waals surface area (Å²) >= 11 is 0. The van der Waals surface area contributed by atoms with E-state index in [0.29, 0.717) is 11.3 Å². The summed E-state index contributed by atoms with van der Waals surface area (Å²) in [4.78, 5) is 12.6. The first-order valence-corrected chi connectivity index (χ1v) is 8.98. The van der Waals surface area contributed by atoms with E-state index in [-0.39, 0.29) is 10.8 Å². The number of hydrogen-bond acceptors (Lipinski definition) is 3. The third-order valence-electron chi connectivity index (χ3n) is 3.98. The Balaban J connectivity index is 2.41. The number of hydrogen-bond donors (Lipinski definition) is 1. The molecule has 0 radical (unpaired) electrons. The molecule has 5 nitrogen and oxygen atoms in total. The van der Waals surface area contributed by atoms with Crippen LogP contribution in [-0.4, -0.2) is 32.7 Å². The van der Waals surface area contributed by atoms with Gasteiger partial charge in [0.25, 0.3) is 5.91 Å². The quantitative estimate of drug-likeness (QED) is 0.925. The lowest BCUT2D eigenvalue weighted by Crippen LogP contribution is -2.23. The molecule has 2 rings (SSSR count). The van der Waals surface area contributed by atoms with Crippen molar-refractivity contribution in [3.8, 4) is 0 Å². The van der Waals surface area contributed by atoms with E-state index in [9.17, 15) is 13.2 Å². The van der Waals surface area contributed by atoms with Crippen molar-refractivity contribution in [1.82, 2.24) is 4.31 Å². The van der Waals surface area contributed by atoms with Crippen LogP contribution >= 0.6 is 0 Å². The number of sulfonamides is 1. The lowest BCUT2D eigenvalue weighted by atomic mass is 10.1. The van der Waals surface area contributed by atoms with Crippen LogP contribution in [0.4, 0.5) is 5.69 Å². The van der Waals surface area contributed by atoms with E-state index in [1.807, 2.05) is 32.9 Å². The van der Waals surface area contributed by atoms with Crippen molar-refractivity contribution in [2.24, 2.45) is 0 Å². The number of carbonyl (C=O) groups excluding carboxylic acids is 1. The molecule has 0 aromatic heterocycles. The van der Waals surface area contributed by atoms with E-state index in [0.717, 1.165) is 21.0 Å². The predicted molar refractivity (Wildman–Crippen MR) is 95.9 cm³/mol. The minimum atomic E-state index is -3.56. The van der Waals surface area contributed by atoms with Crippen molar-refractivity contribution in [3.05, 3.63) is 58.7 Å². The summed E-state index contributed by atoms with van der Waals surface area (Å²) in [6.45, 7) is 5.63. The Morgan fingerprint density at radius 3 is 2.12 bits per heavy atom. The zero-order valence-corrected chi connectivity index (χ0v) is 15.4. The van der Waals surface area contributed by atoms with Gasteiger partial charge in [-0.15, -0.1) is 0 Å². The maximum absolute atomic E-state index is 12.4. The Hall–Kier alpha value is -2.18. The van der Waals surface area contributed by atoms with Crippen LogP contribution in [0.15, 0.2) is 41.3 Å². The molecule has 0 spiro atoms. The molecule has 0 aliphatic heterocycles. The van der Waals surface area contributed by atoms with Gasteiger partial charge >= 0.3 is 0 Å². The molecule has 0 saturated carbocycles. The van der Waals surface area contributed by atoms with Crippen LogP contribution < -0.4 is 5.32 Å². The third-order valence-corrected chi connectivity index (χ3v) is 5.77. The first kappa shape index (κ1) is 18.2. The summed E-state index contributed by atoms with van der Waals surface area (Å²) in [6.07, 6.45) is 0. The fourth-order valence-electron chi connectivity index (χ4n) is 2.22. The number of amides is 1. The average Bonchev–Trinajstić information content (AvgIpc) is 2.51. The Kier molecular flexibility index (Phi) is 5.11. The van der Waals surface area contributed by atoms with Crippen molar-refractivity contribution < 1.29 is 13.2 Å². The third kappa shape index (κ3) is 3.66. The van der Waals surface area contributed by atoms with Gasteiger partial charge in [0.05, 0.1) is 4.90 Å². The zero-order chi connectivity index (χ0) is 18.1. The second-order valence-electron chi connectivity index (χ2n) is 6.02. The summed E-state index contributed by atoms with van der Waals surface area (Å²) in [7, 11) is -0.600. The van der Waals surface area contributed by atoms with E-state index >= 15 is 0 Å². The summed E-state index contributed by atoms with van der Waals surface area (Å²) in [5.74, 6) is -0.267. The fraction of sp³-hybridized carbons (Fsp3) is 0.278. The molecule has 0 fully saturated rings. The molecule has 6 heteroatoms. The summed E-state index contributed by atoms with van der Waals surface area (Å²) in [5, 5.41) is 2.82. The van der Waals surface area contributed by atoms with Gasteiger partial charge in [0.2, 0.25) is 10.0 Å². The Bertz CT molecular complexity index is 870. The Morgan fingerprint density at radius 1 is 1.00 bits per heavy atom. The van der Waals surface area contributed by atoms with Crippen LogP contribution in [0.2, 0.25) is 0 Å². The number of nitrogens with zero attached hydrogens (tertiary/aromatic N) is 1. The van der Waals surface area contributed by atoms with Crippen LogP contribution in [0.5, 0.6) is 0 Å². The van der Waals surface area contributed by atoms with Gasteiger partial charge in [-0.3, -0.25) is 4.79 Å². The average molecular weight is 346 g/mol. The number of anilines is 1. The molecular weight excluding hydrogens is 324 g/mol. The molecule has 0 heterocycles. The minimum Gasteiger partial charge on any atom is -0.322 e. The number of rotatable bonds is 4. The summed E-state index contributed by atoms with van der Waals surface area (Å²) in [5.41, 5.74) is 3.74. The second-order valence-corrected chi connectivity index (χ2v) is 8.17. The first-order valence-electron chi connectivity index (χ1n) is 7.54. The van der Waals surface area contributed by atoms with E-state index in [4.69, 9.17) is 0 Å². The lowest BCUT2D eigenvalue weighted by molar-refractivity contribution is 0.102. The van der Waals surface area contributed by atoms with E-state index in [1.165, 1.54) is 20.2 Å². The van der Waals surface area contributed by atoms with Crippen LogP contribution in [-0.2, 0) is 10.0 Å². The number of carbonyl (C=O) groups is 1. The van der Waals surface area contributed by atoms with Crippen molar-refractivity contribution in [2.75, 3.05) is 19.4 Å². The van der Waals surface area contributed by atoms with Gasteiger partial charge in [0, 0.05) is 25.3 Å². The molecule has 0 saturated heterocycles. The molecule has 0 unspecified atom stereocenters. The van der Waals surface area contributed by atoms with Crippen LogP contribution in [0, 0.1) is 20.8 Å². The molecular formula is C18H22N2O3S. The molecule has 0 aliphatic carbocycles. The lowest BCUT2D eigenvalue weighted by Gasteiger charge is -2.16. The number of benzene rings is 2. The van der Waals surface area contributed by atoms with Gasteiger partial charge in [0.15, 0.2) is 0 Å². The van der Waals surface area contributed by atoms with E-state index < -0.39 is 10.0 Å². The minimum absolute atomic E-state index is 0.162. The van der Waals surface area contributed by atoms with E-state index in [2.05, 4.69) is 5.32 Å². The molecule has 24 heavy (non-hydrogen) atoms. The fourth-order valence-corrected chi connectivity index (χ4v) is 3.23. The molecule has 0 aliphatic rings. The van der Waals surface area contributed by atoms with Crippen molar-refractivity contribution >= 4 is 21.6 Å². The van der Waals surface area contributed by atoms with Gasteiger partial charge in [0.1, 0.15) is 0 Å². The maximum atomic E-state index is 12.4. The Labute approximate surface area is 143 Å². The second kappa shape index (κ2) is 6.75. The normalized spacial score (nSPS) is 11.6. The molecule has 2 aromatic carbocycles. The summed E-state index contributed by atoms with van der Waals surface area (Å²) < 4.78 is 25.9. The number of aryl methyl sites for hydroxylation is 2. The van der Waals surface area contributed by atoms with Gasteiger partial charge in [-0.25, -0.2) is 12.7 Å². The first-order chi connectivity index (χ1) is 11.1. The molecule has 128 valence electrons. The molecule has 1 N–H and O–H groups in total. The van der Waals surface area contributed by atoms with Crippen LogP contribution in [0.25, 0.3) is 0 Å². The maximum Gasteiger partial charge on any atom is 0.255 e. The molecule has 0 bridgehead atoms. The van der Waals surface area contributed by atoms with Gasteiger partial charge in [-0.05, 0) is 56.2 Å². The predicted octanol–water partition coefficient (Wildman–Crippen LogP) is 3.11. The highest BCUT2D eigenvalue weighted by Crippen LogP contribution is 2.26. The Morgan fingerprint density at radius 2 is 1.58 bits per heavy atom. The topological polar surface area (TPSA) is 66.5 Å². The van der Waals surface area contributed by atoms with Crippen LogP contribution in [0.1, 0.15) is 27.0 Å². The highest BCUT2D eigenvalue weighted by molar-refractivity contribution is 7.89. The molecule has 0 atom stereocenters. The largest absolute Gasteiger partial charge is 0.322 e. The zero-order valence-electron chi connectivity index (χ0n) is 14.5. The van der Waals surface area contributed by atoms with Crippen LogP contribution in [0.3, 0.4) is 0 Å².